The molecule has 1 amide bonds. The van der Waals surface area contributed by atoms with Gasteiger partial charge in [0.05, 0.1) is 0 Å². The van der Waals surface area contributed by atoms with Crippen molar-refractivity contribution in [1.29, 1.82) is 0 Å². The van der Waals surface area contributed by atoms with E-state index in [-0.39, 0.29) is 5.91 Å². The van der Waals surface area contributed by atoms with E-state index in [0.717, 1.165) is 32.5 Å². The molecule has 0 aliphatic heterocycles. The first-order chi connectivity index (χ1) is 9.67. The van der Waals surface area contributed by atoms with Crippen LogP contribution < -0.4 is 5.32 Å². The second-order valence-corrected chi connectivity index (χ2v) is 5.20. The van der Waals surface area contributed by atoms with Gasteiger partial charge >= 0.3 is 0 Å². The van der Waals surface area contributed by atoms with Gasteiger partial charge in [-0.05, 0) is 39.2 Å². The van der Waals surface area contributed by atoms with Crippen LogP contribution in [0.3, 0.4) is 0 Å². The molecule has 0 aromatic heterocycles. The lowest BCUT2D eigenvalue weighted by Crippen LogP contribution is -2.35. The first-order valence-electron chi connectivity index (χ1n) is 7.72. The van der Waals surface area contributed by atoms with Crippen molar-refractivity contribution >= 4 is 5.91 Å². The first-order valence-corrected chi connectivity index (χ1v) is 7.72. The molecule has 0 aliphatic rings. The van der Waals surface area contributed by atoms with Crippen molar-refractivity contribution in [2.45, 2.75) is 46.1 Å². The molecule has 1 rings (SSSR count). The highest BCUT2D eigenvalue weighted by Crippen LogP contribution is 2.04. The highest BCUT2D eigenvalue weighted by molar-refractivity contribution is 5.76. The molecule has 0 saturated carbocycles. The summed E-state index contributed by atoms with van der Waals surface area (Å²) >= 11 is 0. The average Bonchev–Trinajstić information content (AvgIpc) is 2.47. The van der Waals surface area contributed by atoms with Gasteiger partial charge in [0.15, 0.2) is 0 Å². The van der Waals surface area contributed by atoms with E-state index < -0.39 is 0 Å². The van der Waals surface area contributed by atoms with Gasteiger partial charge in [0, 0.05) is 32.1 Å². The Morgan fingerprint density at radius 2 is 1.85 bits per heavy atom. The average molecular weight is 276 g/mol. The number of nitrogens with zero attached hydrogens (tertiary/aromatic N) is 1. The maximum absolute atomic E-state index is 11.9. The quantitative estimate of drug-likeness (QED) is 0.752. The molecule has 1 unspecified atom stereocenters. The van der Waals surface area contributed by atoms with Gasteiger partial charge in [0.25, 0.3) is 0 Å². The minimum absolute atomic E-state index is 0.248. The summed E-state index contributed by atoms with van der Waals surface area (Å²) in [5.41, 5.74) is 1.38. The molecule has 0 spiro atoms. The Morgan fingerprint density at radius 1 is 1.20 bits per heavy atom. The van der Waals surface area contributed by atoms with Crippen LogP contribution in [-0.4, -0.2) is 36.5 Å². The summed E-state index contributed by atoms with van der Waals surface area (Å²) in [5.74, 6) is 0.248. The van der Waals surface area contributed by atoms with Gasteiger partial charge in [-0.15, -0.1) is 0 Å². The Labute approximate surface area is 123 Å². The molecule has 0 bridgehead atoms. The van der Waals surface area contributed by atoms with Crippen molar-refractivity contribution in [2.24, 2.45) is 0 Å². The smallest absolute Gasteiger partial charge is 0.223 e. The SMILES string of the molecule is CCN(CC)C(=O)CCNC(C)CCc1ccccc1. The molecular weight excluding hydrogens is 248 g/mol. The summed E-state index contributed by atoms with van der Waals surface area (Å²) in [6.07, 6.45) is 2.78. The van der Waals surface area contributed by atoms with Crippen LogP contribution in [0.15, 0.2) is 30.3 Å². The molecule has 0 fully saturated rings. The fraction of sp³-hybridized carbons (Fsp3) is 0.588. The van der Waals surface area contributed by atoms with Crippen LogP contribution >= 0.6 is 0 Å². The maximum Gasteiger partial charge on any atom is 0.223 e. The summed E-state index contributed by atoms with van der Waals surface area (Å²) in [6, 6.07) is 11.0. The number of nitrogens with one attached hydrogen (secondary N) is 1. The highest BCUT2D eigenvalue weighted by Gasteiger charge is 2.09. The van der Waals surface area contributed by atoms with Crippen LogP contribution in [0.25, 0.3) is 0 Å². The van der Waals surface area contributed by atoms with Gasteiger partial charge in [-0.3, -0.25) is 4.79 Å². The predicted octanol–water partition coefficient (Wildman–Crippen LogP) is 2.86. The molecule has 0 heterocycles. The Balaban J connectivity index is 2.17. The van der Waals surface area contributed by atoms with Crippen LogP contribution in [0.4, 0.5) is 0 Å². The molecule has 0 radical (unpaired) electrons. The van der Waals surface area contributed by atoms with Gasteiger partial charge in [-0.1, -0.05) is 30.3 Å². The van der Waals surface area contributed by atoms with Crippen LogP contribution in [0.1, 0.15) is 39.2 Å². The third kappa shape index (κ3) is 6.20. The van der Waals surface area contributed by atoms with Crippen molar-refractivity contribution in [1.82, 2.24) is 10.2 Å². The van der Waals surface area contributed by atoms with E-state index in [0.29, 0.717) is 12.5 Å². The minimum Gasteiger partial charge on any atom is -0.343 e. The third-order valence-corrected chi connectivity index (χ3v) is 3.66. The van der Waals surface area contributed by atoms with Gasteiger partial charge in [0.1, 0.15) is 0 Å². The molecule has 20 heavy (non-hydrogen) atoms. The first kappa shape index (κ1) is 16.7. The van der Waals surface area contributed by atoms with Crippen molar-refractivity contribution in [3.63, 3.8) is 0 Å². The van der Waals surface area contributed by atoms with E-state index >= 15 is 0 Å². The maximum atomic E-state index is 11.9. The van der Waals surface area contributed by atoms with Crippen LogP contribution in [0.2, 0.25) is 0 Å². The van der Waals surface area contributed by atoms with E-state index in [1.165, 1.54) is 5.56 Å². The number of hydrogen-bond donors (Lipinski definition) is 1. The van der Waals surface area contributed by atoms with E-state index in [9.17, 15) is 4.79 Å². The number of hydrogen-bond acceptors (Lipinski definition) is 2. The normalized spacial score (nSPS) is 12.2. The van der Waals surface area contributed by atoms with Crippen molar-refractivity contribution in [2.75, 3.05) is 19.6 Å². The molecular formula is C17H28N2O. The lowest BCUT2D eigenvalue weighted by atomic mass is 10.1. The molecule has 0 saturated heterocycles. The number of carbonyl (C=O) groups excluding carboxylic acids is 1. The van der Waals surface area contributed by atoms with Gasteiger partial charge < -0.3 is 10.2 Å². The number of aryl methyl sites for hydroxylation is 1. The van der Waals surface area contributed by atoms with Gasteiger partial charge in [-0.2, -0.15) is 0 Å². The van der Waals surface area contributed by atoms with Gasteiger partial charge in [-0.25, -0.2) is 0 Å². The van der Waals surface area contributed by atoms with Gasteiger partial charge in [0.2, 0.25) is 5.91 Å². The summed E-state index contributed by atoms with van der Waals surface area (Å²) < 4.78 is 0. The second kappa shape index (κ2) is 9.54. The van der Waals surface area contributed by atoms with Crippen molar-refractivity contribution in [3.05, 3.63) is 35.9 Å². The lowest BCUT2D eigenvalue weighted by Gasteiger charge is -2.19. The van der Waals surface area contributed by atoms with E-state index in [4.69, 9.17) is 0 Å². The lowest BCUT2D eigenvalue weighted by molar-refractivity contribution is -0.130. The Hall–Kier alpha value is -1.35. The number of carbonyl (C=O) groups is 1. The molecule has 1 atom stereocenters. The standard InChI is InChI=1S/C17H28N2O/c1-4-19(5-2)17(20)13-14-18-15(3)11-12-16-9-7-6-8-10-16/h6-10,15,18H,4-5,11-14H2,1-3H3. The van der Waals surface area contributed by atoms with Crippen LogP contribution in [0.5, 0.6) is 0 Å². The summed E-state index contributed by atoms with van der Waals surface area (Å²) in [7, 11) is 0. The zero-order chi connectivity index (χ0) is 14.8. The molecule has 1 N–H and O–H groups in total. The molecule has 3 nitrogen and oxygen atoms in total. The molecule has 1 aromatic carbocycles. The van der Waals surface area contributed by atoms with Crippen LogP contribution in [0, 0.1) is 0 Å². The Kier molecular flexibility index (Phi) is 7.97. The van der Waals surface area contributed by atoms with Crippen molar-refractivity contribution in [3.8, 4) is 0 Å². The van der Waals surface area contributed by atoms with E-state index in [1.54, 1.807) is 0 Å². The Morgan fingerprint density at radius 3 is 2.45 bits per heavy atom. The number of benzene rings is 1. The summed E-state index contributed by atoms with van der Waals surface area (Å²) in [4.78, 5) is 13.7. The zero-order valence-corrected chi connectivity index (χ0v) is 13.1. The van der Waals surface area contributed by atoms with E-state index in [2.05, 4.69) is 36.5 Å². The summed E-state index contributed by atoms with van der Waals surface area (Å²) in [5, 5.41) is 3.44. The third-order valence-electron chi connectivity index (χ3n) is 3.66. The number of rotatable bonds is 9. The predicted molar refractivity (Wildman–Crippen MR) is 84.8 cm³/mol. The topological polar surface area (TPSA) is 32.3 Å². The van der Waals surface area contributed by atoms with Crippen molar-refractivity contribution < 1.29 is 4.79 Å². The fourth-order valence-corrected chi connectivity index (χ4v) is 2.29. The zero-order valence-electron chi connectivity index (χ0n) is 13.1. The molecule has 0 aliphatic carbocycles. The fourth-order valence-electron chi connectivity index (χ4n) is 2.29. The minimum atomic E-state index is 0.248. The largest absolute Gasteiger partial charge is 0.343 e. The Bertz CT molecular complexity index is 374. The molecule has 1 aromatic rings. The molecule has 112 valence electrons. The second-order valence-electron chi connectivity index (χ2n) is 5.20. The highest BCUT2D eigenvalue weighted by atomic mass is 16.2. The molecule has 3 heteroatoms. The van der Waals surface area contributed by atoms with E-state index in [1.807, 2.05) is 24.8 Å². The van der Waals surface area contributed by atoms with Crippen LogP contribution in [-0.2, 0) is 11.2 Å². The summed E-state index contributed by atoms with van der Waals surface area (Å²) in [6.45, 7) is 8.61. The number of amides is 1. The monoisotopic (exact) mass is 276 g/mol.